The summed E-state index contributed by atoms with van der Waals surface area (Å²) < 4.78 is 5.39. The first kappa shape index (κ1) is 16.3. The molecule has 1 aromatic carbocycles. The Morgan fingerprint density at radius 3 is 2.68 bits per heavy atom. The Morgan fingerprint density at radius 1 is 1.27 bits per heavy atom. The summed E-state index contributed by atoms with van der Waals surface area (Å²) in [4.78, 5) is 26.4. The number of amides is 2. The average Bonchev–Trinajstić information content (AvgIpc) is 2.55. The van der Waals surface area contributed by atoms with Gasteiger partial charge in [-0.2, -0.15) is 0 Å². The molecule has 0 aliphatic carbocycles. The SMILES string of the molecule is CCOc1cccc(C(=O)NC(C)C(=O)N2CCCCC2)c1. The minimum atomic E-state index is -0.513. The summed E-state index contributed by atoms with van der Waals surface area (Å²) in [6.45, 7) is 5.76. The highest BCUT2D eigenvalue weighted by molar-refractivity contribution is 5.97. The Labute approximate surface area is 131 Å². The van der Waals surface area contributed by atoms with Crippen molar-refractivity contribution in [1.29, 1.82) is 0 Å². The summed E-state index contributed by atoms with van der Waals surface area (Å²) in [5.74, 6) is 0.401. The van der Waals surface area contributed by atoms with Gasteiger partial charge in [0.25, 0.3) is 5.91 Å². The maximum Gasteiger partial charge on any atom is 0.252 e. The molecule has 1 aliphatic rings. The second-order valence-electron chi connectivity index (χ2n) is 5.54. The smallest absolute Gasteiger partial charge is 0.252 e. The van der Waals surface area contributed by atoms with Crippen LogP contribution in [0.2, 0.25) is 0 Å². The van der Waals surface area contributed by atoms with Gasteiger partial charge < -0.3 is 15.0 Å². The van der Waals surface area contributed by atoms with Gasteiger partial charge in [-0.15, -0.1) is 0 Å². The van der Waals surface area contributed by atoms with Crippen LogP contribution >= 0.6 is 0 Å². The van der Waals surface area contributed by atoms with Gasteiger partial charge in [-0.25, -0.2) is 0 Å². The number of ether oxygens (including phenoxy) is 1. The van der Waals surface area contributed by atoms with Crippen molar-refractivity contribution in [3.63, 3.8) is 0 Å². The lowest BCUT2D eigenvalue weighted by Gasteiger charge is -2.29. The molecule has 22 heavy (non-hydrogen) atoms. The molecule has 5 heteroatoms. The van der Waals surface area contributed by atoms with E-state index in [0.717, 1.165) is 25.9 Å². The minimum absolute atomic E-state index is 0.00554. The average molecular weight is 304 g/mol. The van der Waals surface area contributed by atoms with E-state index in [0.29, 0.717) is 17.9 Å². The van der Waals surface area contributed by atoms with Gasteiger partial charge in [0.1, 0.15) is 11.8 Å². The van der Waals surface area contributed by atoms with Gasteiger partial charge in [0.05, 0.1) is 6.61 Å². The molecule has 0 radical (unpaired) electrons. The summed E-state index contributed by atoms with van der Waals surface area (Å²) in [5.41, 5.74) is 0.504. The van der Waals surface area contributed by atoms with Gasteiger partial charge in [0.2, 0.25) is 5.91 Å². The Hall–Kier alpha value is -2.04. The molecule has 0 saturated carbocycles. The number of nitrogens with one attached hydrogen (secondary N) is 1. The first-order valence-electron chi connectivity index (χ1n) is 7.94. The quantitative estimate of drug-likeness (QED) is 0.907. The molecule has 0 bridgehead atoms. The molecule has 1 heterocycles. The topological polar surface area (TPSA) is 58.6 Å². The zero-order chi connectivity index (χ0) is 15.9. The van der Waals surface area contributed by atoms with Crippen LogP contribution in [0.15, 0.2) is 24.3 Å². The van der Waals surface area contributed by atoms with Crippen molar-refractivity contribution in [3.05, 3.63) is 29.8 Å². The van der Waals surface area contributed by atoms with E-state index in [1.165, 1.54) is 6.42 Å². The molecule has 1 N–H and O–H groups in total. The van der Waals surface area contributed by atoms with Gasteiger partial charge >= 0.3 is 0 Å². The van der Waals surface area contributed by atoms with Crippen molar-refractivity contribution < 1.29 is 14.3 Å². The van der Waals surface area contributed by atoms with E-state index in [-0.39, 0.29) is 11.8 Å². The monoisotopic (exact) mass is 304 g/mol. The summed E-state index contributed by atoms with van der Waals surface area (Å²) in [6.07, 6.45) is 3.26. The molecular weight excluding hydrogens is 280 g/mol. The van der Waals surface area contributed by atoms with Crippen LogP contribution < -0.4 is 10.1 Å². The third kappa shape index (κ3) is 4.23. The summed E-state index contributed by atoms with van der Waals surface area (Å²) in [7, 11) is 0. The number of nitrogens with zero attached hydrogens (tertiary/aromatic N) is 1. The maximum atomic E-state index is 12.3. The highest BCUT2D eigenvalue weighted by Crippen LogP contribution is 2.14. The first-order valence-corrected chi connectivity index (χ1v) is 7.94. The van der Waals surface area contributed by atoms with Crippen molar-refractivity contribution in [2.24, 2.45) is 0 Å². The van der Waals surface area contributed by atoms with E-state index in [4.69, 9.17) is 4.74 Å². The van der Waals surface area contributed by atoms with Crippen LogP contribution in [0.5, 0.6) is 5.75 Å². The molecule has 1 aromatic rings. The fourth-order valence-electron chi connectivity index (χ4n) is 2.62. The van der Waals surface area contributed by atoms with Crippen molar-refractivity contribution in [3.8, 4) is 5.75 Å². The molecule has 5 nitrogen and oxygen atoms in total. The second kappa shape index (κ2) is 7.82. The van der Waals surface area contributed by atoms with Gasteiger partial charge in [-0.05, 0) is 51.3 Å². The summed E-state index contributed by atoms with van der Waals surface area (Å²) >= 11 is 0. The normalized spacial score (nSPS) is 16.0. The van der Waals surface area contributed by atoms with Gasteiger partial charge in [0.15, 0.2) is 0 Å². The molecule has 0 aromatic heterocycles. The van der Waals surface area contributed by atoms with Crippen LogP contribution in [0.1, 0.15) is 43.5 Å². The largest absolute Gasteiger partial charge is 0.494 e. The van der Waals surface area contributed by atoms with Crippen LogP contribution in [-0.4, -0.2) is 42.5 Å². The fourth-order valence-corrected chi connectivity index (χ4v) is 2.62. The van der Waals surface area contributed by atoms with Gasteiger partial charge in [0, 0.05) is 18.7 Å². The predicted molar refractivity (Wildman–Crippen MR) is 85.0 cm³/mol. The van der Waals surface area contributed by atoms with E-state index in [2.05, 4.69) is 5.32 Å². The number of carbonyl (C=O) groups excluding carboxylic acids is 2. The molecule has 1 atom stereocenters. The van der Waals surface area contributed by atoms with E-state index < -0.39 is 6.04 Å². The summed E-state index contributed by atoms with van der Waals surface area (Å²) in [6, 6.07) is 6.48. The molecule has 0 spiro atoms. The molecule has 1 saturated heterocycles. The predicted octanol–water partition coefficient (Wildman–Crippen LogP) is 2.22. The molecular formula is C17H24N2O3. The third-order valence-electron chi connectivity index (χ3n) is 3.79. The number of rotatable bonds is 5. The third-order valence-corrected chi connectivity index (χ3v) is 3.79. The highest BCUT2D eigenvalue weighted by atomic mass is 16.5. The summed E-state index contributed by atoms with van der Waals surface area (Å²) in [5, 5.41) is 2.78. The van der Waals surface area contributed by atoms with E-state index in [9.17, 15) is 9.59 Å². The minimum Gasteiger partial charge on any atom is -0.494 e. The number of benzene rings is 1. The molecule has 120 valence electrons. The number of hydrogen-bond acceptors (Lipinski definition) is 3. The lowest BCUT2D eigenvalue weighted by molar-refractivity contribution is -0.133. The Morgan fingerprint density at radius 2 is 2.00 bits per heavy atom. The molecule has 1 aliphatic heterocycles. The van der Waals surface area contributed by atoms with Gasteiger partial charge in [-0.3, -0.25) is 9.59 Å². The Balaban J connectivity index is 1.95. The number of piperidine rings is 1. The van der Waals surface area contributed by atoms with Crippen molar-refractivity contribution in [2.45, 2.75) is 39.2 Å². The molecule has 1 unspecified atom stereocenters. The van der Waals surface area contributed by atoms with Crippen molar-refractivity contribution in [2.75, 3.05) is 19.7 Å². The van der Waals surface area contributed by atoms with Crippen LogP contribution in [0.4, 0.5) is 0 Å². The first-order chi connectivity index (χ1) is 10.6. The van der Waals surface area contributed by atoms with Gasteiger partial charge in [-0.1, -0.05) is 6.07 Å². The zero-order valence-electron chi connectivity index (χ0n) is 13.3. The van der Waals surface area contributed by atoms with E-state index in [1.54, 1.807) is 25.1 Å². The Bertz CT molecular complexity index is 524. The van der Waals surface area contributed by atoms with E-state index >= 15 is 0 Å². The Kier molecular flexibility index (Phi) is 5.81. The van der Waals surface area contributed by atoms with Crippen LogP contribution in [0.3, 0.4) is 0 Å². The zero-order valence-corrected chi connectivity index (χ0v) is 13.3. The van der Waals surface area contributed by atoms with E-state index in [1.807, 2.05) is 17.9 Å². The van der Waals surface area contributed by atoms with Crippen LogP contribution in [0, 0.1) is 0 Å². The van der Waals surface area contributed by atoms with Crippen LogP contribution in [-0.2, 0) is 4.79 Å². The van der Waals surface area contributed by atoms with Crippen molar-refractivity contribution in [1.82, 2.24) is 10.2 Å². The molecule has 2 amide bonds. The highest BCUT2D eigenvalue weighted by Gasteiger charge is 2.23. The van der Waals surface area contributed by atoms with Crippen molar-refractivity contribution >= 4 is 11.8 Å². The number of carbonyl (C=O) groups is 2. The molecule has 1 fully saturated rings. The van der Waals surface area contributed by atoms with Crippen LogP contribution in [0.25, 0.3) is 0 Å². The number of hydrogen-bond donors (Lipinski definition) is 1. The lowest BCUT2D eigenvalue weighted by Crippen LogP contribution is -2.48. The standard InChI is InChI=1S/C17H24N2O3/c1-3-22-15-9-7-8-14(12-15)16(20)18-13(2)17(21)19-10-5-4-6-11-19/h7-9,12-13H,3-6,10-11H2,1-2H3,(H,18,20). The fraction of sp³-hybridized carbons (Fsp3) is 0.529. The number of likely N-dealkylation sites (tertiary alicyclic amines) is 1. The lowest BCUT2D eigenvalue weighted by atomic mass is 10.1. The molecule has 2 rings (SSSR count). The maximum absolute atomic E-state index is 12.3. The second-order valence-corrected chi connectivity index (χ2v) is 5.54.